The second-order valence-electron chi connectivity index (χ2n) is 7.16. The standard InChI is InChI=1S/C18H24O5S/c1-13(19)21-17(2)10-9-14-11-16(17)22-23-18(14,3)12-24(20)15-7-5-4-6-8-15/h4-8,14,16H,9-12H2,1-3H3/t14-,16-,17-,18+,24?/m1/s1. The molecule has 3 rings (SSSR count). The minimum absolute atomic E-state index is 0.229. The quantitative estimate of drug-likeness (QED) is 0.616. The van der Waals surface area contributed by atoms with E-state index in [0.29, 0.717) is 5.75 Å². The van der Waals surface area contributed by atoms with Gasteiger partial charge in [-0.15, -0.1) is 0 Å². The van der Waals surface area contributed by atoms with Crippen molar-refractivity contribution in [3.05, 3.63) is 30.3 Å². The number of carbonyl (C=O) groups excluding carboxylic acids is 1. The molecule has 132 valence electrons. The van der Waals surface area contributed by atoms with Crippen molar-refractivity contribution in [2.75, 3.05) is 5.75 Å². The van der Waals surface area contributed by atoms with Gasteiger partial charge in [-0.05, 0) is 51.2 Å². The fourth-order valence-corrected chi connectivity index (χ4v) is 5.11. The van der Waals surface area contributed by atoms with Crippen LogP contribution in [0.4, 0.5) is 0 Å². The summed E-state index contributed by atoms with van der Waals surface area (Å²) in [7, 11) is -1.15. The molecule has 0 spiro atoms. The van der Waals surface area contributed by atoms with Crippen molar-refractivity contribution >= 4 is 16.8 Å². The van der Waals surface area contributed by atoms with Gasteiger partial charge in [0.15, 0.2) is 0 Å². The molecule has 1 aromatic carbocycles. The third-order valence-electron chi connectivity index (χ3n) is 5.19. The van der Waals surface area contributed by atoms with Gasteiger partial charge in [0.2, 0.25) is 0 Å². The molecule has 5 nitrogen and oxygen atoms in total. The predicted molar refractivity (Wildman–Crippen MR) is 89.6 cm³/mol. The van der Waals surface area contributed by atoms with Gasteiger partial charge in [0.05, 0.1) is 16.6 Å². The van der Waals surface area contributed by atoms with Crippen molar-refractivity contribution in [2.45, 2.75) is 62.2 Å². The summed E-state index contributed by atoms with van der Waals surface area (Å²) < 4.78 is 18.1. The molecule has 1 aliphatic heterocycles. The second-order valence-corrected chi connectivity index (χ2v) is 8.61. The summed E-state index contributed by atoms with van der Waals surface area (Å²) in [6, 6.07) is 9.41. The molecule has 0 radical (unpaired) electrons. The highest BCUT2D eigenvalue weighted by Gasteiger charge is 2.54. The molecule has 1 heterocycles. The van der Waals surface area contributed by atoms with E-state index in [2.05, 4.69) is 0 Å². The predicted octanol–water partition coefficient (Wildman–Crippen LogP) is 3.01. The van der Waals surface area contributed by atoms with Gasteiger partial charge >= 0.3 is 5.97 Å². The first-order valence-corrected chi connectivity index (χ1v) is 9.62. The first-order valence-electron chi connectivity index (χ1n) is 8.30. The van der Waals surface area contributed by atoms with E-state index in [1.165, 1.54) is 6.92 Å². The Morgan fingerprint density at radius 2 is 2.04 bits per heavy atom. The highest BCUT2D eigenvalue weighted by Crippen LogP contribution is 2.47. The van der Waals surface area contributed by atoms with Crippen LogP contribution < -0.4 is 0 Å². The average molecular weight is 352 g/mol. The first-order chi connectivity index (χ1) is 11.3. The molecule has 5 atom stereocenters. The molecule has 1 unspecified atom stereocenters. The van der Waals surface area contributed by atoms with E-state index < -0.39 is 22.0 Å². The number of carbonyl (C=O) groups is 1. The van der Waals surface area contributed by atoms with Gasteiger partial charge in [-0.3, -0.25) is 9.00 Å². The number of esters is 1. The van der Waals surface area contributed by atoms with Gasteiger partial charge in [0.1, 0.15) is 17.3 Å². The van der Waals surface area contributed by atoms with E-state index in [4.69, 9.17) is 14.5 Å². The molecular weight excluding hydrogens is 328 g/mol. The van der Waals surface area contributed by atoms with Crippen molar-refractivity contribution in [3.63, 3.8) is 0 Å². The summed E-state index contributed by atoms with van der Waals surface area (Å²) in [6.45, 7) is 5.26. The lowest BCUT2D eigenvalue weighted by atomic mass is 9.71. The zero-order chi connectivity index (χ0) is 17.4. The Kier molecular flexibility index (Phi) is 4.82. The van der Waals surface area contributed by atoms with Crippen LogP contribution in [0.15, 0.2) is 35.2 Å². The third kappa shape index (κ3) is 3.41. The van der Waals surface area contributed by atoms with Crippen LogP contribution in [0.25, 0.3) is 0 Å². The smallest absolute Gasteiger partial charge is 0.303 e. The molecule has 6 heteroatoms. The van der Waals surface area contributed by atoms with E-state index in [1.54, 1.807) is 0 Å². The SMILES string of the molecule is CC(=O)O[C@]1(C)CC[C@@H]2C[C@H]1OO[C@@]2(C)CS(=O)c1ccccc1. The highest BCUT2D eigenvalue weighted by molar-refractivity contribution is 7.85. The molecule has 1 saturated carbocycles. The Bertz CT molecular complexity index is 634. The minimum atomic E-state index is -1.15. The van der Waals surface area contributed by atoms with Crippen molar-refractivity contribution in [2.24, 2.45) is 5.92 Å². The van der Waals surface area contributed by atoms with Gasteiger partial charge in [-0.25, -0.2) is 9.78 Å². The lowest BCUT2D eigenvalue weighted by Gasteiger charge is -2.51. The molecule has 24 heavy (non-hydrogen) atoms. The van der Waals surface area contributed by atoms with Crippen LogP contribution in [0.2, 0.25) is 0 Å². The van der Waals surface area contributed by atoms with Gasteiger partial charge in [-0.2, -0.15) is 0 Å². The van der Waals surface area contributed by atoms with Crippen LogP contribution in [-0.4, -0.2) is 33.2 Å². The molecular formula is C18H24O5S. The van der Waals surface area contributed by atoms with Crippen molar-refractivity contribution in [1.29, 1.82) is 0 Å². The van der Waals surface area contributed by atoms with Gasteiger partial charge < -0.3 is 4.74 Å². The maximum Gasteiger partial charge on any atom is 0.303 e. The number of ether oxygens (including phenoxy) is 1. The zero-order valence-electron chi connectivity index (χ0n) is 14.3. The Hall–Kier alpha value is -1.24. The Morgan fingerprint density at radius 3 is 2.71 bits per heavy atom. The molecule has 1 saturated heterocycles. The summed E-state index contributed by atoms with van der Waals surface area (Å²) in [5, 5.41) is 0. The molecule has 2 fully saturated rings. The van der Waals surface area contributed by atoms with E-state index in [-0.39, 0.29) is 18.0 Å². The molecule has 0 aromatic heterocycles. The Labute approximate surface area is 145 Å². The van der Waals surface area contributed by atoms with Crippen LogP contribution in [-0.2, 0) is 30.1 Å². The van der Waals surface area contributed by atoms with E-state index in [0.717, 1.165) is 24.2 Å². The van der Waals surface area contributed by atoms with E-state index in [9.17, 15) is 9.00 Å². The topological polar surface area (TPSA) is 61.8 Å². The summed E-state index contributed by atoms with van der Waals surface area (Å²) in [4.78, 5) is 23.5. The van der Waals surface area contributed by atoms with Crippen molar-refractivity contribution in [1.82, 2.24) is 0 Å². The summed E-state index contributed by atoms with van der Waals surface area (Å²) in [6.07, 6.45) is 2.04. The van der Waals surface area contributed by atoms with Crippen LogP contribution >= 0.6 is 0 Å². The maximum absolute atomic E-state index is 12.7. The molecule has 0 amide bonds. The summed E-state index contributed by atoms with van der Waals surface area (Å²) in [5.41, 5.74) is -1.25. The van der Waals surface area contributed by atoms with Crippen molar-refractivity contribution in [3.8, 4) is 0 Å². The summed E-state index contributed by atoms with van der Waals surface area (Å²) in [5.74, 6) is 0.309. The largest absolute Gasteiger partial charge is 0.457 e. The lowest BCUT2D eigenvalue weighted by Crippen LogP contribution is -2.59. The van der Waals surface area contributed by atoms with Gasteiger partial charge in [0, 0.05) is 11.8 Å². The van der Waals surface area contributed by atoms with Crippen molar-refractivity contribution < 1.29 is 23.5 Å². The van der Waals surface area contributed by atoms with E-state index >= 15 is 0 Å². The second kappa shape index (κ2) is 6.58. The highest BCUT2D eigenvalue weighted by atomic mass is 32.2. The van der Waals surface area contributed by atoms with Gasteiger partial charge in [-0.1, -0.05) is 18.2 Å². The van der Waals surface area contributed by atoms with Crippen LogP contribution in [0.1, 0.15) is 40.0 Å². The number of hydrogen-bond donors (Lipinski definition) is 0. The monoisotopic (exact) mass is 352 g/mol. The maximum atomic E-state index is 12.7. The lowest BCUT2D eigenvalue weighted by molar-refractivity contribution is -0.441. The number of hydrogen-bond acceptors (Lipinski definition) is 5. The normalized spacial score (nSPS) is 36.8. The third-order valence-corrected chi connectivity index (χ3v) is 6.82. The minimum Gasteiger partial charge on any atom is -0.457 e. The summed E-state index contributed by atoms with van der Waals surface area (Å²) >= 11 is 0. The number of fused-ring (bicyclic) bond motifs is 2. The molecule has 1 aliphatic carbocycles. The average Bonchev–Trinajstić information content (AvgIpc) is 2.53. The molecule has 0 N–H and O–H groups in total. The molecule has 2 aliphatic rings. The fourth-order valence-electron chi connectivity index (χ4n) is 3.68. The van der Waals surface area contributed by atoms with Gasteiger partial charge in [0.25, 0.3) is 0 Å². The van der Waals surface area contributed by atoms with E-state index in [1.807, 2.05) is 44.2 Å². The number of rotatable bonds is 4. The van der Waals surface area contributed by atoms with Crippen LogP contribution in [0.5, 0.6) is 0 Å². The van der Waals surface area contributed by atoms with Crippen LogP contribution in [0, 0.1) is 5.92 Å². The Balaban J connectivity index is 1.70. The Morgan fingerprint density at radius 1 is 1.33 bits per heavy atom. The zero-order valence-corrected chi connectivity index (χ0v) is 15.1. The first kappa shape index (κ1) is 17.6. The number of benzene rings is 1. The fraction of sp³-hybridized carbons (Fsp3) is 0.611. The van der Waals surface area contributed by atoms with Crippen LogP contribution in [0.3, 0.4) is 0 Å². The molecule has 1 aromatic rings. The molecule has 2 bridgehead atoms.